The lowest BCUT2D eigenvalue weighted by molar-refractivity contribution is -0.113. The van der Waals surface area contributed by atoms with Gasteiger partial charge in [0.25, 0.3) is 0 Å². The summed E-state index contributed by atoms with van der Waals surface area (Å²) in [4.78, 5) is 8.80. The maximum Gasteiger partial charge on any atom is 0.216 e. The van der Waals surface area contributed by atoms with Crippen LogP contribution >= 0.6 is 24.0 Å². The molecular formula is C20H33IN6O2. The number of rotatable bonds is 9. The molecule has 2 unspecified atom stereocenters. The summed E-state index contributed by atoms with van der Waals surface area (Å²) < 4.78 is 11.3. The van der Waals surface area contributed by atoms with Crippen molar-refractivity contribution in [1.29, 1.82) is 0 Å². The number of guanidine groups is 1. The van der Waals surface area contributed by atoms with Gasteiger partial charge in [0.05, 0.1) is 12.4 Å². The molecule has 29 heavy (non-hydrogen) atoms. The lowest BCUT2D eigenvalue weighted by Crippen LogP contribution is -2.63. The first-order valence-corrected chi connectivity index (χ1v) is 10.1. The summed E-state index contributed by atoms with van der Waals surface area (Å²) in [6.07, 6.45) is 5.93. The van der Waals surface area contributed by atoms with Crippen molar-refractivity contribution in [2.75, 3.05) is 20.2 Å². The maximum absolute atomic E-state index is 6.02. The number of aromatic nitrogens is 3. The molecule has 8 nitrogen and oxygen atoms in total. The number of H-pyrrole nitrogens is 1. The number of aliphatic imine (C=N–C) groups is 1. The van der Waals surface area contributed by atoms with E-state index in [1.165, 1.54) is 6.42 Å². The predicted octanol–water partition coefficient (Wildman–Crippen LogP) is 3.37. The molecule has 1 aliphatic rings. The van der Waals surface area contributed by atoms with E-state index in [0.29, 0.717) is 36.7 Å². The van der Waals surface area contributed by atoms with Crippen LogP contribution in [0.3, 0.4) is 0 Å². The minimum atomic E-state index is 0. The average molecular weight is 516 g/mol. The molecule has 2 heterocycles. The van der Waals surface area contributed by atoms with Gasteiger partial charge in [-0.1, -0.05) is 27.2 Å². The van der Waals surface area contributed by atoms with Gasteiger partial charge in [-0.05, 0) is 25.0 Å². The monoisotopic (exact) mass is 516 g/mol. The van der Waals surface area contributed by atoms with Crippen LogP contribution < -0.4 is 10.6 Å². The quantitative estimate of drug-likeness (QED) is 0.205. The van der Waals surface area contributed by atoms with E-state index in [1.807, 2.05) is 12.1 Å². The Morgan fingerprint density at radius 2 is 2.28 bits per heavy atom. The van der Waals surface area contributed by atoms with Gasteiger partial charge >= 0.3 is 0 Å². The molecule has 9 heteroatoms. The molecule has 2 aromatic rings. The summed E-state index contributed by atoms with van der Waals surface area (Å²) in [5.41, 5.74) is 0.0915. The predicted molar refractivity (Wildman–Crippen MR) is 125 cm³/mol. The Kier molecular flexibility index (Phi) is 8.94. The normalized spacial score (nSPS) is 20.6. The molecule has 2 atom stereocenters. The first-order chi connectivity index (χ1) is 13.5. The van der Waals surface area contributed by atoms with E-state index in [-0.39, 0.29) is 29.4 Å². The summed E-state index contributed by atoms with van der Waals surface area (Å²) in [5.74, 6) is 2.85. The summed E-state index contributed by atoms with van der Waals surface area (Å²) in [6.45, 7) is 8.24. The number of unbranched alkanes of at least 4 members (excludes halogenated alkanes) is 1. The van der Waals surface area contributed by atoms with Crippen molar-refractivity contribution < 1.29 is 9.15 Å². The third kappa shape index (κ3) is 5.94. The molecule has 1 saturated carbocycles. The van der Waals surface area contributed by atoms with Crippen molar-refractivity contribution in [1.82, 2.24) is 25.8 Å². The Balaban J connectivity index is 0.00000300. The summed E-state index contributed by atoms with van der Waals surface area (Å²) in [7, 11) is 1.79. The minimum Gasteiger partial charge on any atom is -0.461 e. The summed E-state index contributed by atoms with van der Waals surface area (Å²) in [6, 6.07) is 4.02. The Labute approximate surface area is 189 Å². The van der Waals surface area contributed by atoms with Gasteiger partial charge in [-0.3, -0.25) is 10.1 Å². The third-order valence-electron chi connectivity index (χ3n) is 5.46. The van der Waals surface area contributed by atoms with Gasteiger partial charge in [0, 0.05) is 38.1 Å². The van der Waals surface area contributed by atoms with Gasteiger partial charge < -0.3 is 19.8 Å². The van der Waals surface area contributed by atoms with Crippen molar-refractivity contribution in [2.45, 2.75) is 58.6 Å². The van der Waals surface area contributed by atoms with Crippen molar-refractivity contribution >= 4 is 29.9 Å². The smallest absolute Gasteiger partial charge is 0.216 e. The average Bonchev–Trinajstić information content (AvgIpc) is 3.37. The molecule has 0 spiro atoms. The Morgan fingerprint density at radius 1 is 1.45 bits per heavy atom. The minimum absolute atomic E-state index is 0. The third-order valence-corrected chi connectivity index (χ3v) is 5.46. The van der Waals surface area contributed by atoms with Gasteiger partial charge in [-0.2, -0.15) is 5.10 Å². The van der Waals surface area contributed by atoms with E-state index in [0.717, 1.165) is 31.2 Å². The van der Waals surface area contributed by atoms with Crippen molar-refractivity contribution in [3.63, 3.8) is 0 Å². The molecule has 0 amide bonds. The lowest BCUT2D eigenvalue weighted by Gasteiger charge is -2.52. The molecule has 0 saturated heterocycles. The highest BCUT2D eigenvalue weighted by molar-refractivity contribution is 14.0. The van der Waals surface area contributed by atoms with Crippen LogP contribution in [-0.2, 0) is 11.2 Å². The van der Waals surface area contributed by atoms with Crippen LogP contribution in [0.1, 0.15) is 45.9 Å². The highest BCUT2D eigenvalue weighted by Crippen LogP contribution is 2.42. The van der Waals surface area contributed by atoms with E-state index in [9.17, 15) is 0 Å². The zero-order valence-electron chi connectivity index (χ0n) is 17.7. The zero-order valence-corrected chi connectivity index (χ0v) is 20.0. The molecule has 3 N–H and O–H groups in total. The molecule has 0 radical (unpaired) electrons. The first kappa shape index (κ1) is 23.7. The van der Waals surface area contributed by atoms with E-state index >= 15 is 0 Å². The summed E-state index contributed by atoms with van der Waals surface area (Å²) >= 11 is 0. The fourth-order valence-electron chi connectivity index (χ4n) is 3.37. The van der Waals surface area contributed by atoms with E-state index < -0.39 is 0 Å². The second-order valence-corrected chi connectivity index (χ2v) is 7.80. The van der Waals surface area contributed by atoms with Crippen LogP contribution in [0.25, 0.3) is 11.6 Å². The van der Waals surface area contributed by atoms with Crippen LogP contribution in [0.5, 0.6) is 0 Å². The van der Waals surface area contributed by atoms with Gasteiger partial charge in [-0.15, -0.1) is 24.0 Å². The van der Waals surface area contributed by atoms with Crippen LogP contribution in [0.4, 0.5) is 0 Å². The Morgan fingerprint density at radius 3 is 2.93 bits per heavy atom. The number of ether oxygens (including phenoxy) is 1. The fourth-order valence-corrected chi connectivity index (χ4v) is 3.37. The topological polar surface area (TPSA) is 100 Å². The van der Waals surface area contributed by atoms with Gasteiger partial charge in [0.2, 0.25) is 5.82 Å². The lowest BCUT2D eigenvalue weighted by atomic mass is 9.64. The standard InChI is InChI=1S/C20H32N6O2.HI/c1-5-6-11-28-16-13-15(20(16,2)3)23-19(21-4)22-10-9-17-24-18(26-25-17)14-8-7-12-27-14;/h7-8,12,15-16H,5-6,9-11,13H2,1-4H3,(H2,21,22,23)(H,24,25,26);1H. The van der Waals surface area contributed by atoms with E-state index in [4.69, 9.17) is 9.15 Å². The van der Waals surface area contributed by atoms with Crippen LogP contribution in [0, 0.1) is 5.41 Å². The molecule has 0 bridgehead atoms. The SMILES string of the molecule is CCCCOC1CC(NC(=NC)NCCc2nc(-c3ccco3)n[nH]2)C1(C)C.I. The molecule has 0 aromatic carbocycles. The number of hydrogen-bond donors (Lipinski definition) is 3. The number of nitrogens with zero attached hydrogens (tertiary/aromatic N) is 3. The highest BCUT2D eigenvalue weighted by Gasteiger charge is 2.49. The van der Waals surface area contributed by atoms with Crippen molar-refractivity contribution in [3.05, 3.63) is 24.2 Å². The molecular weight excluding hydrogens is 483 g/mol. The van der Waals surface area contributed by atoms with Crippen molar-refractivity contribution in [2.24, 2.45) is 10.4 Å². The van der Waals surface area contributed by atoms with Gasteiger partial charge in [-0.25, -0.2) is 4.98 Å². The number of nitrogens with one attached hydrogen (secondary N) is 3. The number of aromatic amines is 1. The van der Waals surface area contributed by atoms with Crippen LogP contribution in [-0.4, -0.2) is 53.5 Å². The largest absolute Gasteiger partial charge is 0.461 e. The summed E-state index contributed by atoms with van der Waals surface area (Å²) in [5, 5.41) is 14.0. The molecule has 2 aromatic heterocycles. The highest BCUT2D eigenvalue weighted by atomic mass is 127. The van der Waals surface area contributed by atoms with Crippen LogP contribution in [0.15, 0.2) is 27.8 Å². The molecule has 1 fully saturated rings. The molecule has 3 rings (SSSR count). The van der Waals surface area contributed by atoms with E-state index in [2.05, 4.69) is 51.6 Å². The second-order valence-electron chi connectivity index (χ2n) is 7.80. The molecule has 1 aliphatic carbocycles. The van der Waals surface area contributed by atoms with Gasteiger partial charge in [0.1, 0.15) is 5.82 Å². The van der Waals surface area contributed by atoms with Crippen molar-refractivity contribution in [3.8, 4) is 11.6 Å². The molecule has 0 aliphatic heterocycles. The zero-order chi connectivity index (χ0) is 20.0. The van der Waals surface area contributed by atoms with Gasteiger partial charge in [0.15, 0.2) is 11.7 Å². The second kappa shape index (κ2) is 11.0. The fraction of sp³-hybridized carbons (Fsp3) is 0.650. The Bertz CT molecular complexity index is 759. The Hall–Kier alpha value is -1.62. The first-order valence-electron chi connectivity index (χ1n) is 10.1. The maximum atomic E-state index is 6.02. The van der Waals surface area contributed by atoms with E-state index in [1.54, 1.807) is 13.3 Å². The van der Waals surface area contributed by atoms with Crippen LogP contribution in [0.2, 0.25) is 0 Å². The molecule has 162 valence electrons. The number of halogens is 1. The number of hydrogen-bond acceptors (Lipinski definition) is 5. The number of furan rings is 1.